The van der Waals surface area contributed by atoms with Gasteiger partial charge in [-0.1, -0.05) is 15.9 Å². The minimum Gasteiger partial charge on any atom is -0.478 e. The molecular weight excluding hydrogens is 327 g/mol. The maximum absolute atomic E-state index is 13.6. The minimum atomic E-state index is -1.04. The van der Waals surface area contributed by atoms with Crippen LogP contribution in [0.2, 0.25) is 0 Å². The molecule has 0 bridgehead atoms. The lowest BCUT2D eigenvalue weighted by atomic mass is 10.1. The van der Waals surface area contributed by atoms with Crippen LogP contribution in [0.1, 0.15) is 15.9 Å². The molecule has 0 saturated heterocycles. The maximum atomic E-state index is 13.6. The number of carboxylic acid groups (broad SMARTS) is 1. The average molecular weight is 339 g/mol. The van der Waals surface area contributed by atoms with Gasteiger partial charge in [0.2, 0.25) is 0 Å². The number of nitrogens with two attached hydrogens (primary N) is 1. The molecule has 0 heterocycles. The Labute approximate surface area is 123 Å². The monoisotopic (exact) mass is 338 g/mol. The van der Waals surface area contributed by atoms with E-state index in [-0.39, 0.29) is 17.9 Å². The first-order valence-electron chi connectivity index (χ1n) is 5.78. The molecule has 0 spiro atoms. The van der Waals surface area contributed by atoms with Crippen molar-refractivity contribution in [2.24, 2.45) is 0 Å². The van der Waals surface area contributed by atoms with Gasteiger partial charge in [0.05, 0.1) is 16.9 Å². The van der Waals surface area contributed by atoms with E-state index < -0.39 is 5.97 Å². The van der Waals surface area contributed by atoms with E-state index in [9.17, 15) is 9.18 Å². The molecule has 4 nitrogen and oxygen atoms in total. The number of benzene rings is 2. The van der Waals surface area contributed by atoms with Crippen molar-refractivity contribution in [3.8, 4) is 0 Å². The molecule has 4 N–H and O–H groups in total. The average Bonchev–Trinajstić information content (AvgIpc) is 2.40. The van der Waals surface area contributed by atoms with Gasteiger partial charge in [-0.25, -0.2) is 9.18 Å². The number of halogens is 2. The number of nitrogen functional groups attached to an aromatic ring is 1. The Morgan fingerprint density at radius 3 is 2.70 bits per heavy atom. The molecule has 0 atom stereocenters. The van der Waals surface area contributed by atoms with E-state index in [0.29, 0.717) is 16.9 Å². The first-order valence-corrected chi connectivity index (χ1v) is 6.57. The highest BCUT2D eigenvalue weighted by Gasteiger charge is 2.07. The first-order chi connectivity index (χ1) is 9.47. The van der Waals surface area contributed by atoms with Gasteiger partial charge in [-0.3, -0.25) is 0 Å². The molecule has 0 aliphatic rings. The molecular formula is C14H12BrFN2O2. The van der Waals surface area contributed by atoms with Crippen LogP contribution < -0.4 is 11.1 Å². The summed E-state index contributed by atoms with van der Waals surface area (Å²) in [6.07, 6.45) is 0. The SMILES string of the molecule is Nc1cc(C(=O)O)ccc1NCc1cc(Br)ccc1F. The summed E-state index contributed by atoms with van der Waals surface area (Å²) in [7, 11) is 0. The molecule has 0 fully saturated rings. The summed E-state index contributed by atoms with van der Waals surface area (Å²) >= 11 is 3.28. The zero-order chi connectivity index (χ0) is 14.7. The number of aromatic carboxylic acids is 1. The van der Waals surface area contributed by atoms with Crippen LogP contribution in [0.25, 0.3) is 0 Å². The Hall–Kier alpha value is -2.08. The largest absolute Gasteiger partial charge is 0.478 e. The van der Waals surface area contributed by atoms with Crippen molar-refractivity contribution < 1.29 is 14.3 Å². The predicted molar refractivity (Wildman–Crippen MR) is 79.2 cm³/mol. The van der Waals surface area contributed by atoms with Crippen LogP contribution in [0.3, 0.4) is 0 Å². The van der Waals surface area contributed by atoms with Crippen molar-refractivity contribution in [2.45, 2.75) is 6.54 Å². The van der Waals surface area contributed by atoms with E-state index in [4.69, 9.17) is 10.8 Å². The fourth-order valence-electron chi connectivity index (χ4n) is 1.73. The van der Waals surface area contributed by atoms with Gasteiger partial charge < -0.3 is 16.2 Å². The summed E-state index contributed by atoms with van der Waals surface area (Å²) in [5.74, 6) is -1.36. The molecule has 6 heteroatoms. The van der Waals surface area contributed by atoms with Crippen molar-refractivity contribution in [1.29, 1.82) is 0 Å². The molecule has 0 aliphatic carbocycles. The van der Waals surface area contributed by atoms with E-state index in [1.54, 1.807) is 18.2 Å². The number of anilines is 2. The van der Waals surface area contributed by atoms with Crippen LogP contribution in [0, 0.1) is 5.82 Å². The van der Waals surface area contributed by atoms with Crippen molar-refractivity contribution in [2.75, 3.05) is 11.1 Å². The molecule has 0 unspecified atom stereocenters. The van der Waals surface area contributed by atoms with Gasteiger partial charge in [0.1, 0.15) is 5.82 Å². The van der Waals surface area contributed by atoms with Crippen molar-refractivity contribution in [3.63, 3.8) is 0 Å². The van der Waals surface area contributed by atoms with E-state index in [1.165, 1.54) is 18.2 Å². The fourth-order valence-corrected chi connectivity index (χ4v) is 2.13. The first kappa shape index (κ1) is 14.3. The summed E-state index contributed by atoms with van der Waals surface area (Å²) in [5, 5.41) is 11.8. The second-order valence-corrected chi connectivity index (χ2v) is 5.11. The molecule has 0 amide bonds. The molecule has 0 aliphatic heterocycles. The topological polar surface area (TPSA) is 75.4 Å². The number of hydrogen-bond acceptors (Lipinski definition) is 3. The molecule has 2 aromatic rings. The second-order valence-electron chi connectivity index (χ2n) is 4.20. The normalized spacial score (nSPS) is 10.3. The Morgan fingerprint density at radius 1 is 1.30 bits per heavy atom. The molecule has 20 heavy (non-hydrogen) atoms. The summed E-state index contributed by atoms with van der Waals surface area (Å²) < 4.78 is 14.4. The van der Waals surface area contributed by atoms with Gasteiger partial charge >= 0.3 is 5.97 Å². The van der Waals surface area contributed by atoms with Crippen LogP contribution >= 0.6 is 15.9 Å². The molecule has 104 valence electrons. The summed E-state index contributed by atoms with van der Waals surface area (Å²) in [6, 6.07) is 9.03. The number of carboxylic acids is 1. The van der Waals surface area contributed by atoms with Crippen molar-refractivity contribution >= 4 is 33.3 Å². The summed E-state index contributed by atoms with van der Waals surface area (Å²) in [4.78, 5) is 10.8. The third-order valence-corrected chi connectivity index (χ3v) is 3.27. The van der Waals surface area contributed by atoms with Gasteiger partial charge in [-0.15, -0.1) is 0 Å². The van der Waals surface area contributed by atoms with Crippen molar-refractivity contribution in [3.05, 3.63) is 57.8 Å². The third-order valence-electron chi connectivity index (χ3n) is 2.78. The fraction of sp³-hybridized carbons (Fsp3) is 0.0714. The lowest BCUT2D eigenvalue weighted by Gasteiger charge is -2.11. The van der Waals surface area contributed by atoms with Crippen LogP contribution in [0.4, 0.5) is 15.8 Å². The number of hydrogen-bond donors (Lipinski definition) is 3. The second kappa shape index (κ2) is 5.92. The van der Waals surface area contributed by atoms with E-state index in [0.717, 1.165) is 4.47 Å². The van der Waals surface area contributed by atoms with Crippen molar-refractivity contribution in [1.82, 2.24) is 0 Å². The smallest absolute Gasteiger partial charge is 0.335 e. The van der Waals surface area contributed by atoms with E-state index in [1.807, 2.05) is 0 Å². The van der Waals surface area contributed by atoms with Gasteiger partial charge in [0.25, 0.3) is 0 Å². The lowest BCUT2D eigenvalue weighted by molar-refractivity contribution is 0.0697. The molecule has 0 radical (unpaired) electrons. The van der Waals surface area contributed by atoms with Crippen LogP contribution in [0.15, 0.2) is 40.9 Å². The van der Waals surface area contributed by atoms with Crippen LogP contribution in [-0.2, 0) is 6.54 Å². The molecule has 0 saturated carbocycles. The molecule has 2 rings (SSSR count). The van der Waals surface area contributed by atoms with Gasteiger partial charge in [0, 0.05) is 16.6 Å². The standard InChI is InChI=1S/C14H12BrFN2O2/c15-10-2-3-11(16)9(5-10)7-18-13-4-1-8(14(19)20)6-12(13)17/h1-6,18H,7,17H2,(H,19,20). The van der Waals surface area contributed by atoms with Crippen LogP contribution in [-0.4, -0.2) is 11.1 Å². The van der Waals surface area contributed by atoms with E-state index in [2.05, 4.69) is 21.2 Å². The molecule has 0 aromatic heterocycles. The Morgan fingerprint density at radius 2 is 2.05 bits per heavy atom. The predicted octanol–water partition coefficient (Wildman–Crippen LogP) is 3.48. The number of nitrogens with one attached hydrogen (secondary N) is 1. The zero-order valence-electron chi connectivity index (χ0n) is 10.4. The Balaban J connectivity index is 2.15. The number of carbonyl (C=O) groups is 1. The Kier molecular flexibility index (Phi) is 4.24. The van der Waals surface area contributed by atoms with Gasteiger partial charge in [0.15, 0.2) is 0 Å². The highest BCUT2D eigenvalue weighted by molar-refractivity contribution is 9.10. The summed E-state index contributed by atoms with van der Waals surface area (Å²) in [6.45, 7) is 0.252. The lowest BCUT2D eigenvalue weighted by Crippen LogP contribution is -2.06. The highest BCUT2D eigenvalue weighted by Crippen LogP contribution is 2.22. The zero-order valence-corrected chi connectivity index (χ0v) is 11.9. The third kappa shape index (κ3) is 3.27. The minimum absolute atomic E-state index is 0.113. The summed E-state index contributed by atoms with van der Waals surface area (Å²) in [5.41, 5.74) is 7.23. The Bertz CT molecular complexity index is 662. The van der Waals surface area contributed by atoms with Crippen LogP contribution in [0.5, 0.6) is 0 Å². The quantitative estimate of drug-likeness (QED) is 0.746. The van der Waals surface area contributed by atoms with E-state index >= 15 is 0 Å². The molecule has 2 aromatic carbocycles. The van der Waals surface area contributed by atoms with Gasteiger partial charge in [-0.05, 0) is 36.4 Å². The number of rotatable bonds is 4. The maximum Gasteiger partial charge on any atom is 0.335 e. The van der Waals surface area contributed by atoms with Gasteiger partial charge in [-0.2, -0.15) is 0 Å². The highest BCUT2D eigenvalue weighted by atomic mass is 79.9.